The fraction of sp³-hybridized carbons (Fsp3) is 0.176. The molecule has 1 amide bonds. The first-order valence-corrected chi connectivity index (χ1v) is 8.64. The van der Waals surface area contributed by atoms with Gasteiger partial charge in [0.2, 0.25) is 0 Å². The van der Waals surface area contributed by atoms with Crippen molar-refractivity contribution in [1.29, 1.82) is 0 Å². The predicted octanol–water partition coefficient (Wildman–Crippen LogP) is 5.05. The molecule has 2 heterocycles. The highest BCUT2D eigenvalue weighted by atomic mass is 32.1. The van der Waals surface area contributed by atoms with E-state index >= 15 is 0 Å². The molecule has 1 N–H and O–H groups in total. The topological polar surface area (TPSA) is 42.0 Å². The number of hydrogen-bond acceptors (Lipinski definition) is 4. The van der Waals surface area contributed by atoms with E-state index in [1.807, 2.05) is 24.4 Å². The van der Waals surface area contributed by atoms with Crippen LogP contribution in [0.15, 0.2) is 35.7 Å². The first-order valence-electron chi connectivity index (χ1n) is 6.94. The molecule has 0 atom stereocenters. The van der Waals surface area contributed by atoms with Crippen molar-refractivity contribution in [3.8, 4) is 11.3 Å². The van der Waals surface area contributed by atoms with Crippen LogP contribution in [-0.2, 0) is 0 Å². The number of thiazole rings is 1. The Morgan fingerprint density at radius 3 is 2.73 bits per heavy atom. The molecule has 0 unspecified atom stereocenters. The van der Waals surface area contributed by atoms with E-state index in [9.17, 15) is 4.79 Å². The molecule has 2 aromatic heterocycles. The molecule has 3 rings (SSSR count). The van der Waals surface area contributed by atoms with E-state index in [1.165, 1.54) is 33.8 Å². The number of nitrogens with zero attached hydrogens (tertiary/aromatic N) is 1. The quantitative estimate of drug-likeness (QED) is 0.731. The zero-order valence-electron chi connectivity index (χ0n) is 12.6. The molecule has 0 fully saturated rings. The maximum atomic E-state index is 12.1. The number of aryl methyl sites for hydroxylation is 3. The molecule has 0 aliphatic rings. The van der Waals surface area contributed by atoms with Gasteiger partial charge in [-0.3, -0.25) is 10.1 Å². The molecule has 3 aromatic rings. The number of rotatable bonds is 3. The van der Waals surface area contributed by atoms with Crippen molar-refractivity contribution < 1.29 is 4.79 Å². The lowest BCUT2D eigenvalue weighted by molar-refractivity contribution is 0.103. The molecule has 0 radical (unpaired) electrons. The first kappa shape index (κ1) is 14.9. The molecule has 0 aliphatic carbocycles. The van der Waals surface area contributed by atoms with Crippen LogP contribution in [0.3, 0.4) is 0 Å². The summed E-state index contributed by atoms with van der Waals surface area (Å²) in [6.45, 7) is 6.19. The number of hydrogen-bond donors (Lipinski definition) is 1. The Kier molecular flexibility index (Phi) is 4.09. The minimum absolute atomic E-state index is 0.101. The monoisotopic (exact) mass is 328 g/mol. The third kappa shape index (κ3) is 2.96. The molecule has 22 heavy (non-hydrogen) atoms. The summed E-state index contributed by atoms with van der Waals surface area (Å²) in [4.78, 5) is 18.5. The molecule has 112 valence electrons. The number of benzene rings is 1. The van der Waals surface area contributed by atoms with E-state index in [4.69, 9.17) is 0 Å². The molecule has 0 saturated carbocycles. The fourth-order valence-corrected chi connectivity index (χ4v) is 3.70. The average Bonchev–Trinajstić information content (AvgIpc) is 3.11. The Morgan fingerprint density at radius 2 is 2.00 bits per heavy atom. The van der Waals surface area contributed by atoms with Crippen molar-refractivity contribution in [2.24, 2.45) is 0 Å². The Labute approximate surface area is 137 Å². The Morgan fingerprint density at radius 1 is 1.18 bits per heavy atom. The van der Waals surface area contributed by atoms with Gasteiger partial charge in [-0.05, 0) is 43.8 Å². The van der Waals surface area contributed by atoms with Crippen molar-refractivity contribution >= 4 is 33.7 Å². The van der Waals surface area contributed by atoms with E-state index in [-0.39, 0.29) is 5.91 Å². The van der Waals surface area contributed by atoms with E-state index in [0.717, 1.165) is 16.1 Å². The number of amides is 1. The number of carbonyl (C=O) groups is 1. The van der Waals surface area contributed by atoms with E-state index in [2.05, 4.69) is 42.3 Å². The lowest BCUT2D eigenvalue weighted by atomic mass is 10.0. The molecular weight excluding hydrogens is 312 g/mol. The van der Waals surface area contributed by atoms with Crippen LogP contribution in [0, 0.1) is 20.8 Å². The maximum absolute atomic E-state index is 12.1. The van der Waals surface area contributed by atoms with Crippen LogP contribution in [0.1, 0.15) is 25.7 Å². The van der Waals surface area contributed by atoms with E-state index < -0.39 is 0 Å². The van der Waals surface area contributed by atoms with Gasteiger partial charge in [-0.25, -0.2) is 4.98 Å². The summed E-state index contributed by atoms with van der Waals surface area (Å²) in [7, 11) is 0. The van der Waals surface area contributed by atoms with Crippen LogP contribution in [0.25, 0.3) is 11.3 Å². The summed E-state index contributed by atoms with van der Waals surface area (Å²) in [5, 5.41) is 5.43. The van der Waals surface area contributed by atoms with Crippen LogP contribution in [0.4, 0.5) is 5.13 Å². The van der Waals surface area contributed by atoms with Gasteiger partial charge in [-0.15, -0.1) is 22.7 Å². The highest BCUT2D eigenvalue weighted by Gasteiger charge is 2.15. The summed E-state index contributed by atoms with van der Waals surface area (Å²) in [5.74, 6) is -0.101. The van der Waals surface area contributed by atoms with Gasteiger partial charge in [0.05, 0.1) is 10.6 Å². The second-order valence-corrected chi connectivity index (χ2v) is 7.32. The van der Waals surface area contributed by atoms with Crippen molar-refractivity contribution in [2.45, 2.75) is 20.8 Å². The predicted molar refractivity (Wildman–Crippen MR) is 94.0 cm³/mol. The third-order valence-electron chi connectivity index (χ3n) is 3.41. The van der Waals surface area contributed by atoms with Gasteiger partial charge in [-0.2, -0.15) is 0 Å². The zero-order chi connectivity index (χ0) is 15.7. The number of anilines is 1. The molecule has 3 nitrogen and oxygen atoms in total. The molecule has 0 aliphatic heterocycles. The van der Waals surface area contributed by atoms with E-state index in [0.29, 0.717) is 10.0 Å². The van der Waals surface area contributed by atoms with Crippen LogP contribution in [0.5, 0.6) is 0 Å². The minimum atomic E-state index is -0.101. The lowest BCUT2D eigenvalue weighted by Gasteiger charge is -2.05. The summed E-state index contributed by atoms with van der Waals surface area (Å²) < 4.78 is 0. The molecule has 0 bridgehead atoms. The normalized spacial score (nSPS) is 10.7. The van der Waals surface area contributed by atoms with Gasteiger partial charge in [0.25, 0.3) is 5.91 Å². The largest absolute Gasteiger partial charge is 0.297 e. The highest BCUT2D eigenvalue weighted by molar-refractivity contribution is 7.16. The highest BCUT2D eigenvalue weighted by Crippen LogP contribution is 2.33. The summed E-state index contributed by atoms with van der Waals surface area (Å²) in [6, 6.07) is 10.0. The molecule has 5 heteroatoms. The summed E-state index contributed by atoms with van der Waals surface area (Å²) in [6.07, 6.45) is 0. The van der Waals surface area contributed by atoms with E-state index in [1.54, 1.807) is 0 Å². The van der Waals surface area contributed by atoms with Crippen LogP contribution < -0.4 is 5.32 Å². The molecule has 0 saturated heterocycles. The van der Waals surface area contributed by atoms with Crippen molar-refractivity contribution in [1.82, 2.24) is 4.98 Å². The van der Waals surface area contributed by atoms with Gasteiger partial charge in [0.15, 0.2) is 5.13 Å². The summed E-state index contributed by atoms with van der Waals surface area (Å²) >= 11 is 2.94. The van der Waals surface area contributed by atoms with Crippen LogP contribution in [-0.4, -0.2) is 10.9 Å². The Balaban J connectivity index is 1.91. The van der Waals surface area contributed by atoms with Crippen molar-refractivity contribution in [2.75, 3.05) is 5.32 Å². The maximum Gasteiger partial charge on any atom is 0.267 e. The Bertz CT molecular complexity index is 819. The third-order valence-corrected chi connectivity index (χ3v) is 5.17. The van der Waals surface area contributed by atoms with Gasteiger partial charge in [0, 0.05) is 10.4 Å². The Hall–Kier alpha value is -1.98. The first-order chi connectivity index (χ1) is 10.5. The molecule has 0 spiro atoms. The van der Waals surface area contributed by atoms with Crippen molar-refractivity contribution in [3.63, 3.8) is 0 Å². The summed E-state index contributed by atoms with van der Waals surface area (Å²) in [5.41, 5.74) is 4.48. The van der Waals surface area contributed by atoms with Crippen LogP contribution in [0.2, 0.25) is 0 Å². The number of nitrogens with one attached hydrogen (secondary N) is 1. The van der Waals surface area contributed by atoms with Crippen molar-refractivity contribution in [3.05, 3.63) is 56.6 Å². The van der Waals surface area contributed by atoms with Gasteiger partial charge in [-0.1, -0.05) is 23.8 Å². The van der Waals surface area contributed by atoms with Gasteiger partial charge < -0.3 is 0 Å². The van der Waals surface area contributed by atoms with Gasteiger partial charge >= 0.3 is 0 Å². The number of thiophene rings is 1. The van der Waals surface area contributed by atoms with Gasteiger partial charge in [0.1, 0.15) is 0 Å². The average molecular weight is 328 g/mol. The number of aromatic nitrogens is 1. The second-order valence-electron chi connectivity index (χ2n) is 5.17. The fourth-order valence-electron chi connectivity index (χ4n) is 2.26. The second kappa shape index (κ2) is 6.02. The minimum Gasteiger partial charge on any atom is -0.297 e. The molecular formula is C17H16N2OS2. The standard InChI is InChI=1S/C17H16N2OS2/c1-10-6-7-11(2)13(9-10)15-12(3)22-17(18-15)19-16(20)14-5-4-8-21-14/h4-9H,1-3H3,(H,18,19,20). The van der Waals surface area contributed by atoms with Crippen LogP contribution >= 0.6 is 22.7 Å². The lowest BCUT2D eigenvalue weighted by Crippen LogP contribution is -2.09. The molecule has 1 aromatic carbocycles. The zero-order valence-corrected chi connectivity index (χ0v) is 14.3. The SMILES string of the molecule is Cc1ccc(C)c(-c2nc(NC(=O)c3cccs3)sc2C)c1. The smallest absolute Gasteiger partial charge is 0.267 e. The number of carbonyl (C=O) groups excluding carboxylic acids is 1.